The van der Waals surface area contributed by atoms with E-state index in [1.165, 1.54) is 83.5 Å². The minimum absolute atomic E-state index is 0.0958. The van der Waals surface area contributed by atoms with E-state index >= 15 is 0 Å². The van der Waals surface area contributed by atoms with Gasteiger partial charge in [0.2, 0.25) is 0 Å². The van der Waals surface area contributed by atoms with Gasteiger partial charge in [0.15, 0.2) is 6.10 Å². The molecule has 1 unspecified atom stereocenters. The average molecular weight is 1030 g/mol. The van der Waals surface area contributed by atoms with Crippen molar-refractivity contribution in [3.8, 4) is 0 Å². The zero-order chi connectivity index (χ0) is 53.6. The van der Waals surface area contributed by atoms with Gasteiger partial charge in [0, 0.05) is 19.3 Å². The van der Waals surface area contributed by atoms with Crippen LogP contribution in [0.25, 0.3) is 0 Å². The van der Waals surface area contributed by atoms with Gasteiger partial charge in [0.05, 0.1) is 0 Å². The molecule has 0 saturated carbocycles. The molecule has 0 heterocycles. The molecule has 0 aromatic heterocycles. The van der Waals surface area contributed by atoms with E-state index in [0.29, 0.717) is 19.3 Å². The van der Waals surface area contributed by atoms with Crippen molar-refractivity contribution < 1.29 is 28.6 Å². The zero-order valence-corrected chi connectivity index (χ0v) is 48.1. The van der Waals surface area contributed by atoms with Crippen LogP contribution in [0.4, 0.5) is 0 Å². The van der Waals surface area contributed by atoms with Gasteiger partial charge < -0.3 is 14.2 Å². The molecule has 74 heavy (non-hydrogen) atoms. The fourth-order valence-corrected chi connectivity index (χ4v) is 8.08. The van der Waals surface area contributed by atoms with Crippen molar-refractivity contribution in [3.63, 3.8) is 0 Å². The normalized spacial score (nSPS) is 13.0. The average Bonchev–Trinajstić information content (AvgIpc) is 3.40. The van der Waals surface area contributed by atoms with Crippen LogP contribution in [-0.2, 0) is 28.6 Å². The Kier molecular flexibility index (Phi) is 57.9. The Labute approximate surface area is 456 Å². The highest BCUT2D eigenvalue weighted by Crippen LogP contribution is 2.14. The van der Waals surface area contributed by atoms with Gasteiger partial charge in [0.25, 0.3) is 0 Å². The molecule has 0 amide bonds. The SMILES string of the molecule is CC/C=C\C/C=C\C/C=C\C/C=C\C/C=C\C/C=C\C/C=C\C/C=C\CCCCCCC(=O)OCC(COC(=O)CCCCCCC/C=C\CCCC)OC(=O)CCCCCCC/C=C\CCCCCCCCC. The Hall–Kier alpha value is -4.19. The molecule has 0 aliphatic rings. The van der Waals surface area contributed by atoms with Gasteiger partial charge in [-0.3, -0.25) is 14.4 Å². The lowest BCUT2D eigenvalue weighted by molar-refractivity contribution is -0.167. The fraction of sp³-hybridized carbons (Fsp3) is 0.662. The summed E-state index contributed by atoms with van der Waals surface area (Å²) in [5.74, 6) is -0.939. The molecule has 0 fully saturated rings. The largest absolute Gasteiger partial charge is 0.462 e. The predicted molar refractivity (Wildman–Crippen MR) is 320 cm³/mol. The monoisotopic (exact) mass is 1020 g/mol. The van der Waals surface area contributed by atoms with Crippen LogP contribution in [-0.4, -0.2) is 37.2 Å². The van der Waals surface area contributed by atoms with Crippen molar-refractivity contribution in [2.75, 3.05) is 13.2 Å². The summed E-state index contributed by atoms with van der Waals surface area (Å²) in [4.78, 5) is 38.1. The van der Waals surface area contributed by atoms with E-state index in [0.717, 1.165) is 148 Å². The number of carbonyl (C=O) groups is 3. The van der Waals surface area contributed by atoms with Crippen molar-refractivity contribution in [2.24, 2.45) is 0 Å². The molecule has 6 heteroatoms. The number of ether oxygens (including phenoxy) is 3. The van der Waals surface area contributed by atoms with Crippen LogP contribution < -0.4 is 0 Å². The lowest BCUT2D eigenvalue weighted by atomic mass is 10.1. The number of unbranched alkanes of at least 4 members (excludes halogenated alkanes) is 23. The number of rotatable bonds is 54. The standard InChI is InChI=1S/C68H112O6/c1-4-7-10-13-16-19-22-24-26-28-29-30-31-32-33-34-35-36-37-38-39-40-42-43-46-49-52-55-58-61-67(70)73-64-65(63-72-66(69)60-57-54-51-48-45-21-18-15-12-9-6-3)74-68(71)62-59-56-53-50-47-44-41-27-25-23-20-17-14-11-8-5-2/h7,10,15-16,18-19,24,26-27,29-30,32-33,35-36,38-39,41-43,65H,4-6,8-9,11-14,17,20-23,25,28,31,34,37,40,44-64H2,1-3H3/b10-7-,18-15-,19-16-,26-24-,30-29-,33-32-,36-35-,39-38-,41-27-,43-42-. The van der Waals surface area contributed by atoms with Gasteiger partial charge in [-0.05, 0) is 128 Å². The van der Waals surface area contributed by atoms with Crippen LogP contribution >= 0.6 is 0 Å². The first-order valence-electron chi connectivity index (χ1n) is 30.5. The molecule has 0 spiro atoms. The van der Waals surface area contributed by atoms with Crippen molar-refractivity contribution in [1.82, 2.24) is 0 Å². The first-order valence-corrected chi connectivity index (χ1v) is 30.5. The van der Waals surface area contributed by atoms with E-state index in [1.807, 2.05) is 0 Å². The van der Waals surface area contributed by atoms with Crippen LogP contribution in [0.3, 0.4) is 0 Å². The summed E-state index contributed by atoms with van der Waals surface area (Å²) < 4.78 is 16.8. The molecule has 0 saturated heterocycles. The smallest absolute Gasteiger partial charge is 0.306 e. The van der Waals surface area contributed by atoms with E-state index in [-0.39, 0.29) is 31.1 Å². The Morgan fingerprint density at radius 2 is 0.541 bits per heavy atom. The summed E-state index contributed by atoms with van der Waals surface area (Å²) >= 11 is 0. The van der Waals surface area contributed by atoms with Crippen LogP contribution in [0.5, 0.6) is 0 Å². The fourth-order valence-electron chi connectivity index (χ4n) is 8.08. The molecule has 0 aromatic carbocycles. The summed E-state index contributed by atoms with van der Waals surface area (Å²) in [6, 6.07) is 0. The molecule has 420 valence electrons. The molecule has 0 bridgehead atoms. The maximum Gasteiger partial charge on any atom is 0.306 e. The van der Waals surface area contributed by atoms with Crippen molar-refractivity contribution >= 4 is 17.9 Å². The first kappa shape index (κ1) is 69.8. The molecule has 0 radical (unpaired) electrons. The summed E-state index contributed by atoms with van der Waals surface area (Å²) in [6.07, 6.45) is 84.8. The molecule has 0 rings (SSSR count). The third kappa shape index (κ3) is 58.7. The highest BCUT2D eigenvalue weighted by molar-refractivity contribution is 5.71. The van der Waals surface area contributed by atoms with Crippen LogP contribution in [0, 0.1) is 0 Å². The summed E-state index contributed by atoms with van der Waals surface area (Å²) in [7, 11) is 0. The maximum atomic E-state index is 12.9. The molecular formula is C68H112O6. The Bertz CT molecular complexity index is 1550. The topological polar surface area (TPSA) is 78.9 Å². The van der Waals surface area contributed by atoms with Gasteiger partial charge in [-0.15, -0.1) is 0 Å². The first-order chi connectivity index (χ1) is 36.5. The predicted octanol–water partition coefficient (Wildman–Crippen LogP) is 20.8. The molecule has 0 aliphatic carbocycles. The van der Waals surface area contributed by atoms with Gasteiger partial charge in [0.1, 0.15) is 13.2 Å². The number of hydrogen-bond donors (Lipinski definition) is 0. The Balaban J connectivity index is 4.36. The third-order valence-corrected chi connectivity index (χ3v) is 12.7. The number of esters is 3. The second-order valence-corrected chi connectivity index (χ2v) is 19.9. The van der Waals surface area contributed by atoms with E-state index in [1.54, 1.807) is 0 Å². The number of hydrogen-bond acceptors (Lipinski definition) is 6. The van der Waals surface area contributed by atoms with Gasteiger partial charge in [-0.1, -0.05) is 245 Å². The lowest BCUT2D eigenvalue weighted by Crippen LogP contribution is -2.30. The van der Waals surface area contributed by atoms with Gasteiger partial charge in [-0.25, -0.2) is 0 Å². The van der Waals surface area contributed by atoms with Gasteiger partial charge in [-0.2, -0.15) is 0 Å². The highest BCUT2D eigenvalue weighted by Gasteiger charge is 2.19. The number of carbonyl (C=O) groups excluding carboxylic acids is 3. The zero-order valence-electron chi connectivity index (χ0n) is 48.1. The van der Waals surface area contributed by atoms with Crippen molar-refractivity contribution in [1.29, 1.82) is 0 Å². The summed E-state index contributed by atoms with van der Waals surface area (Å²) in [5.41, 5.74) is 0. The van der Waals surface area contributed by atoms with Crippen molar-refractivity contribution in [2.45, 2.75) is 277 Å². The lowest BCUT2D eigenvalue weighted by Gasteiger charge is -2.18. The third-order valence-electron chi connectivity index (χ3n) is 12.7. The second-order valence-electron chi connectivity index (χ2n) is 19.9. The molecule has 6 nitrogen and oxygen atoms in total. The molecule has 0 aromatic rings. The van der Waals surface area contributed by atoms with E-state index < -0.39 is 6.10 Å². The number of allylic oxidation sites excluding steroid dienone is 20. The molecule has 1 atom stereocenters. The van der Waals surface area contributed by atoms with E-state index in [4.69, 9.17) is 14.2 Å². The van der Waals surface area contributed by atoms with Crippen LogP contribution in [0.1, 0.15) is 271 Å². The quantitative estimate of drug-likeness (QED) is 0.0261. The van der Waals surface area contributed by atoms with Gasteiger partial charge >= 0.3 is 17.9 Å². The van der Waals surface area contributed by atoms with E-state index in [2.05, 4.69) is 142 Å². The summed E-state index contributed by atoms with van der Waals surface area (Å²) in [5, 5.41) is 0. The highest BCUT2D eigenvalue weighted by atomic mass is 16.6. The maximum absolute atomic E-state index is 12.9. The van der Waals surface area contributed by atoms with E-state index in [9.17, 15) is 14.4 Å². The van der Waals surface area contributed by atoms with Crippen LogP contribution in [0.15, 0.2) is 122 Å². The minimum Gasteiger partial charge on any atom is -0.462 e. The Morgan fingerprint density at radius 1 is 0.284 bits per heavy atom. The minimum atomic E-state index is -0.799. The molecular weight excluding hydrogens is 913 g/mol. The molecule has 0 N–H and O–H groups in total. The van der Waals surface area contributed by atoms with Crippen LogP contribution in [0.2, 0.25) is 0 Å². The molecule has 0 aliphatic heterocycles. The second kappa shape index (κ2) is 61.4. The Morgan fingerprint density at radius 3 is 0.878 bits per heavy atom. The van der Waals surface area contributed by atoms with Crippen molar-refractivity contribution in [3.05, 3.63) is 122 Å². The summed E-state index contributed by atoms with van der Waals surface area (Å²) in [6.45, 7) is 6.45.